The van der Waals surface area contributed by atoms with Crippen molar-refractivity contribution >= 4 is 41.5 Å². The van der Waals surface area contributed by atoms with Crippen LogP contribution in [0.4, 0.5) is 0 Å². The summed E-state index contributed by atoms with van der Waals surface area (Å²) in [5.41, 5.74) is -0.398. The summed E-state index contributed by atoms with van der Waals surface area (Å²) in [4.78, 5) is 88.2. The van der Waals surface area contributed by atoms with Gasteiger partial charge in [0.2, 0.25) is 11.8 Å². The zero-order chi connectivity index (χ0) is 45.7. The maximum Gasteiger partial charge on any atom is 0.335 e. The number of carbonyl (C=O) groups is 7. The van der Waals surface area contributed by atoms with Crippen molar-refractivity contribution in [3.05, 3.63) is 0 Å². The van der Waals surface area contributed by atoms with E-state index in [1.165, 1.54) is 71.3 Å². The van der Waals surface area contributed by atoms with Crippen molar-refractivity contribution in [1.29, 1.82) is 0 Å². The molecule has 17 heteroatoms. The van der Waals surface area contributed by atoms with Gasteiger partial charge >= 0.3 is 17.9 Å². The van der Waals surface area contributed by atoms with Crippen LogP contribution in [0, 0.1) is 0 Å². The molecule has 0 aromatic heterocycles. The molecule has 2 N–H and O–H groups in total. The molecule has 0 aromatic rings. The van der Waals surface area contributed by atoms with Crippen LogP contribution in [0.15, 0.2) is 0 Å². The molecule has 17 nitrogen and oxygen atoms in total. The molecule has 1 fully saturated rings. The van der Waals surface area contributed by atoms with E-state index in [0.29, 0.717) is 44.3 Å². The molecule has 1 saturated heterocycles. The van der Waals surface area contributed by atoms with Crippen molar-refractivity contribution < 1.29 is 66.8 Å². The molecule has 0 unspecified atom stereocenters. The summed E-state index contributed by atoms with van der Waals surface area (Å²) in [6.07, 6.45) is 19.5. The maximum absolute atomic E-state index is 12.5. The Balaban J connectivity index is 1.91. The van der Waals surface area contributed by atoms with Gasteiger partial charge in [-0.1, -0.05) is 89.9 Å². The van der Waals surface area contributed by atoms with E-state index < -0.39 is 35.4 Å². The number of imide groups is 1. The van der Waals surface area contributed by atoms with Gasteiger partial charge in [0.15, 0.2) is 0 Å². The molecule has 62 heavy (non-hydrogen) atoms. The van der Waals surface area contributed by atoms with Crippen LogP contribution in [-0.2, 0) is 66.8 Å². The van der Waals surface area contributed by atoms with Gasteiger partial charge in [-0.25, -0.2) is 9.59 Å². The smallest absolute Gasteiger partial charge is 0.335 e. The minimum atomic E-state index is -0.885. The van der Waals surface area contributed by atoms with E-state index in [2.05, 4.69) is 10.6 Å². The number of nitrogens with one attached hydrogen (secondary N) is 2. The fourth-order valence-corrected chi connectivity index (χ4v) is 6.43. The Bertz CT molecular complexity index is 1260. The van der Waals surface area contributed by atoms with Gasteiger partial charge in [-0.2, -0.15) is 0 Å². The summed E-state index contributed by atoms with van der Waals surface area (Å²) in [6, 6.07) is -0.885. The topological polar surface area (TPSA) is 211 Å². The van der Waals surface area contributed by atoms with Crippen LogP contribution in [0.1, 0.15) is 168 Å². The van der Waals surface area contributed by atoms with Crippen molar-refractivity contribution in [3.63, 3.8) is 0 Å². The van der Waals surface area contributed by atoms with Crippen LogP contribution < -0.4 is 10.6 Å². The average molecular weight is 886 g/mol. The molecular formula is C45H79N3O14. The molecule has 1 atom stereocenters. The van der Waals surface area contributed by atoms with Gasteiger partial charge in [-0.15, -0.1) is 5.06 Å². The first-order valence-electron chi connectivity index (χ1n) is 23.1. The van der Waals surface area contributed by atoms with E-state index in [0.717, 1.165) is 38.5 Å². The number of ether oxygens (including phenoxy) is 6. The van der Waals surface area contributed by atoms with Gasteiger partial charge in [0.25, 0.3) is 11.8 Å². The van der Waals surface area contributed by atoms with E-state index in [9.17, 15) is 33.6 Å². The number of hydrogen-bond acceptors (Lipinski definition) is 14. The predicted molar refractivity (Wildman–Crippen MR) is 230 cm³/mol. The third-order valence-electron chi connectivity index (χ3n) is 9.77. The van der Waals surface area contributed by atoms with Crippen LogP contribution in [-0.4, -0.2) is 125 Å². The molecule has 0 saturated carbocycles. The summed E-state index contributed by atoms with van der Waals surface area (Å²) in [5.74, 6) is -2.93. The molecule has 1 rings (SSSR count). The first-order chi connectivity index (χ1) is 29.8. The van der Waals surface area contributed by atoms with Gasteiger partial charge < -0.3 is 43.9 Å². The molecule has 1 aliphatic heterocycles. The number of amides is 4. The van der Waals surface area contributed by atoms with E-state index >= 15 is 0 Å². The molecule has 0 radical (unpaired) electrons. The number of unbranched alkanes of at least 4 members (excludes halogenated alkanes) is 15. The quantitative estimate of drug-likeness (QED) is 0.0413. The predicted octanol–water partition coefficient (Wildman–Crippen LogP) is 5.97. The lowest BCUT2D eigenvalue weighted by Crippen LogP contribution is -2.42. The molecule has 0 spiro atoms. The van der Waals surface area contributed by atoms with Gasteiger partial charge in [-0.05, 0) is 40.0 Å². The second-order valence-corrected chi connectivity index (χ2v) is 16.5. The van der Waals surface area contributed by atoms with Crippen LogP contribution in [0.3, 0.4) is 0 Å². The Labute approximate surface area is 370 Å². The van der Waals surface area contributed by atoms with Gasteiger partial charge in [0, 0.05) is 38.6 Å². The van der Waals surface area contributed by atoms with Crippen LogP contribution in [0.25, 0.3) is 0 Å². The molecular weight excluding hydrogens is 807 g/mol. The van der Waals surface area contributed by atoms with Crippen molar-refractivity contribution in [1.82, 2.24) is 15.7 Å². The Morgan fingerprint density at radius 3 is 1.45 bits per heavy atom. The fraction of sp³-hybridized carbons (Fsp3) is 0.844. The maximum atomic E-state index is 12.5. The van der Waals surface area contributed by atoms with E-state index in [4.69, 9.17) is 33.3 Å². The summed E-state index contributed by atoms with van der Waals surface area (Å²) < 4.78 is 31.8. The number of esters is 2. The SMILES string of the molecule is COC(=O)[C@H](CCC(=O)NCCOCCOCCOCCOCCC(=O)ON1C(=O)CCC1=O)NC(=O)CCCCCCCCCCCCCCCCCCC(=O)OC(C)(C)C. The van der Waals surface area contributed by atoms with Crippen LogP contribution >= 0.6 is 0 Å². The number of hydrogen-bond donors (Lipinski definition) is 2. The Hall–Kier alpha value is -3.67. The Kier molecular flexibility index (Phi) is 33.4. The highest BCUT2D eigenvalue weighted by molar-refractivity contribution is 6.01. The number of carbonyl (C=O) groups excluding carboxylic acids is 7. The lowest BCUT2D eigenvalue weighted by Gasteiger charge is -2.19. The lowest BCUT2D eigenvalue weighted by atomic mass is 10.0. The second kappa shape index (κ2) is 36.8. The third-order valence-corrected chi connectivity index (χ3v) is 9.77. The van der Waals surface area contributed by atoms with Gasteiger partial charge in [0.05, 0.1) is 66.4 Å². The standard InChI is InChI=1S/C45H79N3O14/c1-45(2,3)61-42(53)22-20-18-16-14-12-10-8-6-5-7-9-11-13-15-17-19-21-39(50)47-37(44(55)56-4)23-24-38(49)46-28-30-58-32-34-60-36-35-59-33-31-57-29-27-43(54)62-48-40(51)25-26-41(48)52/h37H,5-36H2,1-4H3,(H,46,49)(H,47,50)/t37-/m0/s1. The van der Waals surface area contributed by atoms with Crippen molar-refractivity contribution in [3.8, 4) is 0 Å². The molecule has 1 aliphatic rings. The molecule has 0 aliphatic carbocycles. The zero-order valence-electron chi connectivity index (χ0n) is 38.4. The Morgan fingerprint density at radius 2 is 0.984 bits per heavy atom. The molecule has 0 bridgehead atoms. The van der Waals surface area contributed by atoms with E-state index in [1.54, 1.807) is 0 Å². The normalized spacial score (nSPS) is 13.3. The monoisotopic (exact) mass is 886 g/mol. The van der Waals surface area contributed by atoms with E-state index in [1.807, 2.05) is 20.8 Å². The minimum absolute atomic E-state index is 0.0405. The highest BCUT2D eigenvalue weighted by atomic mass is 16.7. The highest BCUT2D eigenvalue weighted by Gasteiger charge is 2.32. The minimum Gasteiger partial charge on any atom is -0.467 e. The summed E-state index contributed by atoms with van der Waals surface area (Å²) in [5, 5.41) is 5.97. The number of nitrogens with zero attached hydrogens (tertiary/aromatic N) is 1. The third kappa shape index (κ3) is 33.0. The number of hydroxylamine groups is 2. The average Bonchev–Trinajstić information content (AvgIpc) is 3.54. The highest BCUT2D eigenvalue weighted by Crippen LogP contribution is 2.16. The summed E-state index contributed by atoms with van der Waals surface area (Å²) in [6.45, 7) is 8.20. The second-order valence-electron chi connectivity index (χ2n) is 16.5. The number of methoxy groups -OCH3 is 1. The van der Waals surface area contributed by atoms with Gasteiger partial charge in [0.1, 0.15) is 11.6 Å². The van der Waals surface area contributed by atoms with Crippen LogP contribution in [0.5, 0.6) is 0 Å². The van der Waals surface area contributed by atoms with Gasteiger partial charge in [-0.3, -0.25) is 24.0 Å². The molecule has 1 heterocycles. The fourth-order valence-electron chi connectivity index (χ4n) is 6.43. The largest absolute Gasteiger partial charge is 0.467 e. The first-order valence-corrected chi connectivity index (χ1v) is 23.1. The van der Waals surface area contributed by atoms with E-state index in [-0.39, 0.29) is 82.9 Å². The zero-order valence-corrected chi connectivity index (χ0v) is 38.4. The lowest BCUT2D eigenvalue weighted by molar-refractivity contribution is -0.198. The summed E-state index contributed by atoms with van der Waals surface area (Å²) in [7, 11) is 1.26. The number of rotatable bonds is 40. The molecule has 0 aromatic carbocycles. The summed E-state index contributed by atoms with van der Waals surface area (Å²) >= 11 is 0. The first kappa shape index (κ1) is 56.3. The van der Waals surface area contributed by atoms with Crippen molar-refractivity contribution in [2.75, 3.05) is 66.5 Å². The van der Waals surface area contributed by atoms with Crippen molar-refractivity contribution in [2.24, 2.45) is 0 Å². The van der Waals surface area contributed by atoms with Crippen molar-refractivity contribution in [2.45, 2.75) is 180 Å². The van der Waals surface area contributed by atoms with Crippen LogP contribution in [0.2, 0.25) is 0 Å². The molecule has 358 valence electrons. The Morgan fingerprint density at radius 1 is 0.548 bits per heavy atom. The molecule has 4 amide bonds.